The van der Waals surface area contributed by atoms with Crippen LogP contribution in [0.5, 0.6) is 0 Å². The number of ether oxygens (including phenoxy) is 2. The lowest BCUT2D eigenvalue weighted by Crippen LogP contribution is -2.30. The minimum absolute atomic E-state index is 0.0863. The molecule has 6 heteroatoms. The molecule has 1 heterocycles. The fraction of sp³-hybridized carbons (Fsp3) is 0.333. The first-order valence-corrected chi connectivity index (χ1v) is 6.19. The van der Waals surface area contributed by atoms with Gasteiger partial charge in [0.15, 0.2) is 0 Å². The zero-order valence-corrected chi connectivity index (χ0v) is 11.3. The van der Waals surface area contributed by atoms with E-state index in [1.165, 1.54) is 7.11 Å². The third-order valence-electron chi connectivity index (χ3n) is 2.72. The molecular weight excluding hydrogens is 302 g/mol. The molecule has 0 aromatic heterocycles. The van der Waals surface area contributed by atoms with E-state index < -0.39 is 18.2 Å². The molecule has 1 saturated heterocycles. The fourth-order valence-corrected chi connectivity index (χ4v) is 2.10. The number of nitrogens with one attached hydrogen (secondary N) is 1. The molecule has 1 fully saturated rings. The molecule has 0 saturated carbocycles. The van der Waals surface area contributed by atoms with E-state index >= 15 is 0 Å². The summed E-state index contributed by atoms with van der Waals surface area (Å²) in [6, 6.07) is 7.01. The summed E-state index contributed by atoms with van der Waals surface area (Å²) in [5.41, 5.74) is 0.838. The number of rotatable bonds is 3. The molecule has 1 amide bonds. The summed E-state index contributed by atoms with van der Waals surface area (Å²) in [5.74, 6) is -0.382. The maximum atomic E-state index is 11.3. The van der Waals surface area contributed by atoms with E-state index in [2.05, 4.69) is 26.0 Å². The molecule has 0 radical (unpaired) electrons. The van der Waals surface area contributed by atoms with Crippen molar-refractivity contribution in [3.63, 3.8) is 0 Å². The van der Waals surface area contributed by atoms with Crippen molar-refractivity contribution in [2.24, 2.45) is 0 Å². The van der Waals surface area contributed by atoms with Crippen molar-refractivity contribution in [3.8, 4) is 0 Å². The van der Waals surface area contributed by atoms with E-state index in [1.807, 2.05) is 24.3 Å². The highest BCUT2D eigenvalue weighted by molar-refractivity contribution is 9.10. The Bertz CT molecular complexity index is 460. The van der Waals surface area contributed by atoms with Gasteiger partial charge in [0, 0.05) is 4.47 Å². The number of carbonyl (C=O) groups is 2. The first-order valence-electron chi connectivity index (χ1n) is 5.39. The summed E-state index contributed by atoms with van der Waals surface area (Å²) in [5, 5.41) is 2.61. The van der Waals surface area contributed by atoms with Crippen LogP contribution >= 0.6 is 15.9 Å². The number of esters is 1. The Morgan fingerprint density at radius 3 is 2.72 bits per heavy atom. The molecule has 2 unspecified atom stereocenters. The average Bonchev–Trinajstić information content (AvgIpc) is 2.71. The second kappa shape index (κ2) is 5.39. The Hall–Kier alpha value is -1.56. The van der Waals surface area contributed by atoms with Crippen LogP contribution in [-0.4, -0.2) is 25.2 Å². The van der Waals surface area contributed by atoms with Gasteiger partial charge in [-0.25, -0.2) is 4.79 Å². The van der Waals surface area contributed by atoms with Crippen LogP contribution in [0.3, 0.4) is 0 Å². The number of cyclic esters (lactones) is 1. The van der Waals surface area contributed by atoms with Gasteiger partial charge in [0.1, 0.15) is 6.10 Å². The maximum Gasteiger partial charge on any atom is 0.408 e. The van der Waals surface area contributed by atoms with Gasteiger partial charge in [-0.1, -0.05) is 28.1 Å². The zero-order chi connectivity index (χ0) is 13.1. The van der Waals surface area contributed by atoms with Gasteiger partial charge < -0.3 is 14.8 Å². The summed E-state index contributed by atoms with van der Waals surface area (Å²) in [6.07, 6.45) is -0.898. The standard InChI is InChI=1S/C12H12BrNO4/c1-17-10(15)6-9-11(18-12(16)14-9)7-2-4-8(13)5-3-7/h2-5,9,11H,6H2,1H3,(H,14,16). The highest BCUT2D eigenvalue weighted by atomic mass is 79.9. The number of hydrogen-bond donors (Lipinski definition) is 1. The molecule has 1 aromatic rings. The SMILES string of the molecule is COC(=O)CC1NC(=O)OC1c1ccc(Br)cc1. The number of alkyl carbamates (subject to hydrolysis) is 1. The van der Waals surface area contributed by atoms with Crippen molar-refractivity contribution < 1.29 is 19.1 Å². The summed E-state index contributed by atoms with van der Waals surface area (Å²) < 4.78 is 10.7. The third-order valence-corrected chi connectivity index (χ3v) is 3.24. The van der Waals surface area contributed by atoms with Gasteiger partial charge in [-0.3, -0.25) is 4.79 Å². The van der Waals surface area contributed by atoms with Crippen LogP contribution in [-0.2, 0) is 14.3 Å². The summed E-state index contributed by atoms with van der Waals surface area (Å²) in [7, 11) is 1.31. The quantitative estimate of drug-likeness (QED) is 0.869. The van der Waals surface area contributed by atoms with E-state index in [0.29, 0.717) is 0 Å². The first-order chi connectivity index (χ1) is 8.60. The monoisotopic (exact) mass is 313 g/mol. The number of carbonyl (C=O) groups excluding carboxylic acids is 2. The van der Waals surface area contributed by atoms with E-state index in [0.717, 1.165) is 10.0 Å². The number of benzene rings is 1. The van der Waals surface area contributed by atoms with E-state index in [4.69, 9.17) is 4.74 Å². The van der Waals surface area contributed by atoms with Crippen molar-refractivity contribution >= 4 is 28.0 Å². The van der Waals surface area contributed by atoms with Crippen molar-refractivity contribution in [2.45, 2.75) is 18.6 Å². The predicted octanol–water partition coefficient (Wildman–Crippen LogP) is 2.16. The normalized spacial score (nSPS) is 22.2. The van der Waals surface area contributed by atoms with Gasteiger partial charge >= 0.3 is 12.1 Å². The lowest BCUT2D eigenvalue weighted by atomic mass is 10.0. The molecule has 0 bridgehead atoms. The summed E-state index contributed by atoms with van der Waals surface area (Å²) >= 11 is 3.34. The molecule has 2 rings (SSSR count). The van der Waals surface area contributed by atoms with E-state index in [9.17, 15) is 9.59 Å². The van der Waals surface area contributed by atoms with Gasteiger partial charge in [0.05, 0.1) is 19.6 Å². The van der Waals surface area contributed by atoms with Crippen molar-refractivity contribution in [1.29, 1.82) is 0 Å². The average molecular weight is 314 g/mol. The minimum Gasteiger partial charge on any atom is -0.469 e. The second-order valence-electron chi connectivity index (χ2n) is 3.91. The number of hydrogen-bond acceptors (Lipinski definition) is 4. The molecule has 1 aliphatic heterocycles. The third kappa shape index (κ3) is 2.81. The lowest BCUT2D eigenvalue weighted by molar-refractivity contribution is -0.141. The zero-order valence-electron chi connectivity index (χ0n) is 9.68. The van der Waals surface area contributed by atoms with Gasteiger partial charge in [-0.05, 0) is 17.7 Å². The Morgan fingerprint density at radius 1 is 1.44 bits per heavy atom. The van der Waals surface area contributed by atoms with Crippen LogP contribution in [0.15, 0.2) is 28.7 Å². The molecule has 5 nitrogen and oxygen atoms in total. The molecular formula is C12H12BrNO4. The Kier molecular flexibility index (Phi) is 3.86. The number of methoxy groups -OCH3 is 1. The topological polar surface area (TPSA) is 64.6 Å². The molecule has 1 aromatic carbocycles. The summed E-state index contributed by atoms with van der Waals surface area (Å²) in [4.78, 5) is 22.5. The van der Waals surface area contributed by atoms with Crippen LogP contribution < -0.4 is 5.32 Å². The van der Waals surface area contributed by atoms with Crippen LogP contribution in [0.2, 0.25) is 0 Å². The van der Waals surface area contributed by atoms with Gasteiger partial charge in [-0.15, -0.1) is 0 Å². The van der Waals surface area contributed by atoms with Gasteiger partial charge in [0.2, 0.25) is 0 Å². The number of amides is 1. The number of halogens is 1. The summed E-state index contributed by atoms with van der Waals surface area (Å²) in [6.45, 7) is 0. The molecule has 0 aliphatic carbocycles. The highest BCUT2D eigenvalue weighted by Gasteiger charge is 2.36. The molecule has 18 heavy (non-hydrogen) atoms. The molecule has 1 aliphatic rings. The minimum atomic E-state index is -0.517. The maximum absolute atomic E-state index is 11.3. The largest absolute Gasteiger partial charge is 0.469 e. The Morgan fingerprint density at radius 2 is 2.11 bits per heavy atom. The Balaban J connectivity index is 2.16. The van der Waals surface area contributed by atoms with Crippen LogP contribution in [0.4, 0.5) is 4.79 Å². The molecule has 96 valence electrons. The first kappa shape index (κ1) is 12.9. The highest BCUT2D eigenvalue weighted by Crippen LogP contribution is 2.29. The Labute approximate surface area is 113 Å². The van der Waals surface area contributed by atoms with Crippen molar-refractivity contribution in [2.75, 3.05) is 7.11 Å². The fourth-order valence-electron chi connectivity index (χ4n) is 1.83. The molecule has 2 atom stereocenters. The second-order valence-corrected chi connectivity index (χ2v) is 4.82. The smallest absolute Gasteiger partial charge is 0.408 e. The predicted molar refractivity (Wildman–Crippen MR) is 66.9 cm³/mol. The van der Waals surface area contributed by atoms with E-state index in [-0.39, 0.29) is 12.4 Å². The van der Waals surface area contributed by atoms with Crippen molar-refractivity contribution in [3.05, 3.63) is 34.3 Å². The van der Waals surface area contributed by atoms with Gasteiger partial charge in [-0.2, -0.15) is 0 Å². The van der Waals surface area contributed by atoms with Crippen LogP contribution in [0, 0.1) is 0 Å². The molecule has 1 N–H and O–H groups in total. The molecule has 0 spiro atoms. The van der Waals surface area contributed by atoms with Crippen molar-refractivity contribution in [1.82, 2.24) is 5.32 Å². The lowest BCUT2D eigenvalue weighted by Gasteiger charge is -2.16. The van der Waals surface area contributed by atoms with Crippen LogP contribution in [0.25, 0.3) is 0 Å². The van der Waals surface area contributed by atoms with Gasteiger partial charge in [0.25, 0.3) is 0 Å². The van der Waals surface area contributed by atoms with Crippen LogP contribution in [0.1, 0.15) is 18.1 Å². The van der Waals surface area contributed by atoms with E-state index in [1.54, 1.807) is 0 Å².